The first-order valence-corrected chi connectivity index (χ1v) is 11.8. The van der Waals surface area contributed by atoms with Gasteiger partial charge in [0.05, 0.1) is 5.69 Å². The molecule has 0 radical (unpaired) electrons. The second-order valence-corrected chi connectivity index (χ2v) is 9.26. The van der Waals surface area contributed by atoms with Crippen molar-refractivity contribution in [1.82, 2.24) is 9.97 Å². The maximum absolute atomic E-state index is 13.9. The molecule has 1 unspecified atom stereocenters. The number of nitrogens with one attached hydrogen (secondary N) is 1. The number of carbonyl (C=O) groups is 1. The number of fused-ring (bicyclic) bond motifs is 1. The highest BCUT2D eigenvalue weighted by Gasteiger charge is 2.26. The lowest BCUT2D eigenvalue weighted by Crippen LogP contribution is -2.13. The van der Waals surface area contributed by atoms with E-state index in [0.29, 0.717) is 34.2 Å². The topological polar surface area (TPSA) is 76.0 Å². The molecule has 0 spiro atoms. The average molecular weight is 507 g/mol. The van der Waals surface area contributed by atoms with E-state index in [1.54, 1.807) is 30.3 Å². The summed E-state index contributed by atoms with van der Waals surface area (Å²) < 4.78 is 33.5. The van der Waals surface area contributed by atoms with Gasteiger partial charge in [-0.2, -0.15) is 0 Å². The lowest BCUT2D eigenvalue weighted by atomic mass is 9.88. The van der Waals surface area contributed by atoms with Gasteiger partial charge in [-0.15, -0.1) is 0 Å². The summed E-state index contributed by atoms with van der Waals surface area (Å²) in [6.45, 7) is 0. The molecular formula is C28H21ClF2N2O3. The van der Waals surface area contributed by atoms with Gasteiger partial charge in [0, 0.05) is 47.2 Å². The number of Topliss-reactive ketones (excluding diaryl/α,β-unsaturated/α-hetero) is 1. The summed E-state index contributed by atoms with van der Waals surface area (Å²) in [5.74, 6) is -1.50. The Kier molecular flexibility index (Phi) is 6.65. The Bertz CT molecular complexity index is 1500. The van der Waals surface area contributed by atoms with E-state index in [2.05, 4.69) is 9.97 Å². The van der Waals surface area contributed by atoms with Gasteiger partial charge in [-0.05, 0) is 65.9 Å². The van der Waals surface area contributed by atoms with E-state index in [1.807, 2.05) is 6.08 Å². The number of oxazole rings is 1. The molecule has 8 heteroatoms. The van der Waals surface area contributed by atoms with Crippen LogP contribution in [0.5, 0.6) is 0 Å². The molecule has 2 aromatic heterocycles. The Morgan fingerprint density at radius 2 is 1.83 bits per heavy atom. The van der Waals surface area contributed by atoms with Gasteiger partial charge in [0.15, 0.2) is 12.2 Å². The fourth-order valence-corrected chi connectivity index (χ4v) is 4.78. The van der Waals surface area contributed by atoms with Gasteiger partial charge in [0.25, 0.3) is 0 Å². The van der Waals surface area contributed by atoms with Gasteiger partial charge >= 0.3 is 0 Å². The number of aromatic nitrogens is 2. The van der Waals surface area contributed by atoms with Crippen LogP contribution in [-0.4, -0.2) is 15.8 Å². The van der Waals surface area contributed by atoms with Crippen molar-refractivity contribution in [3.8, 4) is 11.3 Å². The molecule has 1 N–H and O–H groups in total. The molecule has 2 heterocycles. The summed E-state index contributed by atoms with van der Waals surface area (Å²) >= 11 is 6.02. The molecule has 2 aromatic carbocycles. The van der Waals surface area contributed by atoms with Gasteiger partial charge < -0.3 is 9.40 Å². The number of halogens is 3. The highest BCUT2D eigenvalue weighted by atomic mass is 35.5. The Labute approximate surface area is 210 Å². The summed E-state index contributed by atoms with van der Waals surface area (Å²) in [6.07, 6.45) is 4.24. The van der Waals surface area contributed by atoms with Crippen molar-refractivity contribution in [2.24, 2.45) is 0 Å². The molecule has 0 aliphatic heterocycles. The molecule has 1 aliphatic rings. The fraction of sp³-hybridized carbons (Fsp3) is 0.179. The van der Waals surface area contributed by atoms with Crippen LogP contribution < -0.4 is 5.56 Å². The van der Waals surface area contributed by atoms with E-state index >= 15 is 0 Å². The SMILES string of the molecule is O=C(CC1=CCc2ccc(=O)[nH]c21)CC(Cc1cc(F)cc(F)c1)c1ncoc1-c1ccc(Cl)cc1. The van der Waals surface area contributed by atoms with E-state index in [9.17, 15) is 18.4 Å². The van der Waals surface area contributed by atoms with Crippen molar-refractivity contribution in [2.75, 3.05) is 0 Å². The lowest BCUT2D eigenvalue weighted by molar-refractivity contribution is -0.118. The van der Waals surface area contributed by atoms with E-state index in [1.165, 1.54) is 24.6 Å². The first-order chi connectivity index (χ1) is 17.4. The zero-order chi connectivity index (χ0) is 25.2. The van der Waals surface area contributed by atoms with Crippen LogP contribution >= 0.6 is 11.6 Å². The number of ketones is 1. The van der Waals surface area contributed by atoms with E-state index in [4.69, 9.17) is 16.0 Å². The Hall–Kier alpha value is -3.84. The summed E-state index contributed by atoms with van der Waals surface area (Å²) in [5.41, 5.74) is 3.83. The molecule has 5 nitrogen and oxygen atoms in total. The highest BCUT2D eigenvalue weighted by Crippen LogP contribution is 2.35. The Morgan fingerprint density at radius 3 is 2.58 bits per heavy atom. The van der Waals surface area contributed by atoms with Crippen molar-refractivity contribution < 1.29 is 18.0 Å². The van der Waals surface area contributed by atoms with Crippen LogP contribution in [0.4, 0.5) is 8.78 Å². The predicted molar refractivity (Wildman–Crippen MR) is 133 cm³/mol. The summed E-state index contributed by atoms with van der Waals surface area (Å²) in [4.78, 5) is 32.2. The number of H-pyrrole nitrogens is 1. The van der Waals surface area contributed by atoms with Crippen LogP contribution in [0, 0.1) is 11.6 Å². The molecule has 1 aliphatic carbocycles. The van der Waals surface area contributed by atoms with Gasteiger partial charge in [-0.3, -0.25) is 9.59 Å². The highest BCUT2D eigenvalue weighted by molar-refractivity contribution is 6.30. The normalized spacial score (nSPS) is 13.4. The van der Waals surface area contributed by atoms with Crippen LogP contribution in [0.1, 0.15) is 41.3 Å². The van der Waals surface area contributed by atoms with Crippen molar-refractivity contribution in [1.29, 1.82) is 0 Å². The standard InChI is InChI=1S/C28H21ClF2N2O3/c29-21-6-3-18(4-7-21)28-27(32-15-36-28)20(9-16-10-22(30)14-23(31)11-16)13-24(34)12-19-2-1-17-5-8-25(35)33-26(17)19/h2-8,10-11,14-15,20H,1,9,12-13H2,(H,33,35). The molecule has 0 amide bonds. The number of hydrogen-bond acceptors (Lipinski definition) is 4. The molecular weight excluding hydrogens is 486 g/mol. The van der Waals surface area contributed by atoms with Crippen LogP contribution in [0.3, 0.4) is 0 Å². The maximum Gasteiger partial charge on any atom is 0.248 e. The summed E-state index contributed by atoms with van der Waals surface area (Å²) in [6, 6.07) is 13.5. The van der Waals surface area contributed by atoms with E-state index in [-0.39, 0.29) is 30.6 Å². The number of carbonyl (C=O) groups excluding carboxylic acids is 1. The third-order valence-electron chi connectivity index (χ3n) is 6.25. The predicted octanol–water partition coefficient (Wildman–Crippen LogP) is 6.28. The fourth-order valence-electron chi connectivity index (χ4n) is 4.66. The first kappa shape index (κ1) is 23.9. The maximum atomic E-state index is 13.9. The largest absolute Gasteiger partial charge is 0.443 e. The number of rotatable bonds is 8. The minimum Gasteiger partial charge on any atom is -0.443 e. The molecule has 5 rings (SSSR count). The van der Waals surface area contributed by atoms with Crippen LogP contribution in [-0.2, 0) is 17.6 Å². The van der Waals surface area contributed by atoms with E-state index in [0.717, 1.165) is 22.8 Å². The Morgan fingerprint density at radius 1 is 1.08 bits per heavy atom. The molecule has 0 saturated carbocycles. The molecule has 1 atom stereocenters. The quantitative estimate of drug-likeness (QED) is 0.305. The second kappa shape index (κ2) is 10.0. The second-order valence-electron chi connectivity index (χ2n) is 8.83. The molecule has 182 valence electrons. The van der Waals surface area contributed by atoms with Gasteiger partial charge in [0.2, 0.25) is 5.56 Å². The molecule has 36 heavy (non-hydrogen) atoms. The number of benzene rings is 2. The Balaban J connectivity index is 1.44. The van der Waals surface area contributed by atoms with Crippen LogP contribution in [0.2, 0.25) is 5.02 Å². The molecule has 4 aromatic rings. The zero-order valence-electron chi connectivity index (χ0n) is 19.1. The average Bonchev–Trinajstić information content (AvgIpc) is 3.46. The number of allylic oxidation sites excluding steroid dienone is 2. The van der Waals surface area contributed by atoms with Crippen molar-refractivity contribution in [2.45, 2.75) is 31.6 Å². The number of aromatic amines is 1. The zero-order valence-corrected chi connectivity index (χ0v) is 19.8. The minimum atomic E-state index is -0.690. The summed E-state index contributed by atoms with van der Waals surface area (Å²) in [7, 11) is 0. The van der Waals surface area contributed by atoms with Crippen molar-refractivity contribution in [3.05, 3.63) is 117 Å². The first-order valence-electron chi connectivity index (χ1n) is 11.4. The molecule has 0 saturated heterocycles. The van der Waals surface area contributed by atoms with Gasteiger partial charge in [0.1, 0.15) is 17.4 Å². The number of hydrogen-bond donors (Lipinski definition) is 1. The number of pyridine rings is 1. The number of nitrogens with zero attached hydrogens (tertiary/aromatic N) is 1. The lowest BCUT2D eigenvalue weighted by Gasteiger charge is -2.16. The summed E-state index contributed by atoms with van der Waals surface area (Å²) in [5, 5.41) is 0.560. The monoisotopic (exact) mass is 506 g/mol. The van der Waals surface area contributed by atoms with Crippen molar-refractivity contribution in [3.63, 3.8) is 0 Å². The van der Waals surface area contributed by atoms with Gasteiger partial charge in [-0.1, -0.05) is 23.7 Å². The van der Waals surface area contributed by atoms with Crippen LogP contribution in [0.25, 0.3) is 16.9 Å². The minimum absolute atomic E-state index is 0.0645. The van der Waals surface area contributed by atoms with E-state index < -0.39 is 17.6 Å². The molecule has 0 bridgehead atoms. The third-order valence-corrected chi connectivity index (χ3v) is 6.50. The third kappa shape index (κ3) is 5.21. The molecule has 0 fully saturated rings. The van der Waals surface area contributed by atoms with Gasteiger partial charge in [-0.25, -0.2) is 13.8 Å². The smallest absolute Gasteiger partial charge is 0.248 e. The van der Waals surface area contributed by atoms with Crippen LogP contribution in [0.15, 0.2) is 76.3 Å². The van der Waals surface area contributed by atoms with Crippen molar-refractivity contribution >= 4 is 23.0 Å².